The Labute approximate surface area is 77.5 Å². The van der Waals surface area contributed by atoms with Crippen molar-refractivity contribution in [1.29, 1.82) is 0 Å². The summed E-state index contributed by atoms with van der Waals surface area (Å²) in [4.78, 5) is 10.3. The molecule has 13 heavy (non-hydrogen) atoms. The Morgan fingerprint density at radius 2 is 2.08 bits per heavy atom. The first kappa shape index (κ1) is 9.85. The molecule has 5 heteroatoms. The highest BCUT2D eigenvalue weighted by molar-refractivity contribution is 7.71. The van der Waals surface area contributed by atoms with Crippen molar-refractivity contribution in [1.82, 2.24) is 0 Å². The fourth-order valence-corrected chi connectivity index (χ4v) is 1.50. The van der Waals surface area contributed by atoms with Gasteiger partial charge >= 0.3 is 0 Å². The molecule has 1 aromatic carbocycles. The molecule has 1 aromatic rings. The maximum atomic E-state index is 10.4. The maximum absolute atomic E-state index is 10.4. The van der Waals surface area contributed by atoms with Gasteiger partial charge in [-0.2, -0.15) is 0 Å². The van der Waals surface area contributed by atoms with E-state index in [0.717, 1.165) is 5.56 Å². The van der Waals surface area contributed by atoms with E-state index in [1.54, 1.807) is 19.1 Å². The largest absolute Gasteiger partial charge is 0.232 e. The molecule has 0 N–H and O–H groups in total. The van der Waals surface area contributed by atoms with E-state index >= 15 is 0 Å². The summed E-state index contributed by atoms with van der Waals surface area (Å²) in [6, 6.07) is 4.85. The van der Waals surface area contributed by atoms with Gasteiger partial charge in [0.05, 0.1) is 5.75 Å². The summed E-state index contributed by atoms with van der Waals surface area (Å²) in [5.74, 6) is -0.0435. The van der Waals surface area contributed by atoms with Gasteiger partial charge in [0.1, 0.15) is 16.4 Å². The van der Waals surface area contributed by atoms with Crippen molar-refractivity contribution >= 4 is 16.4 Å². The summed E-state index contributed by atoms with van der Waals surface area (Å²) in [6.07, 6.45) is 0. The zero-order chi connectivity index (χ0) is 9.84. The van der Waals surface area contributed by atoms with E-state index in [-0.39, 0.29) is 5.75 Å². The summed E-state index contributed by atoms with van der Waals surface area (Å²) in [6.45, 7) is 1.75. The standard InChI is InChI=1S/C8H9NO3S/c1-6-2-3-7(5-13(11)12)4-8(6)9-10/h2-4,13H,5H2,1H3. The first-order valence-corrected chi connectivity index (χ1v) is 5.04. The van der Waals surface area contributed by atoms with Crippen LogP contribution < -0.4 is 0 Å². The number of hydrogen-bond acceptors (Lipinski definition) is 4. The Kier molecular flexibility index (Phi) is 3.13. The molecule has 1 rings (SSSR count). The summed E-state index contributed by atoms with van der Waals surface area (Å²) >= 11 is 0. The molecule has 0 aliphatic rings. The Bertz CT molecular complexity index is 390. The topological polar surface area (TPSA) is 63.6 Å². The van der Waals surface area contributed by atoms with E-state index in [9.17, 15) is 13.3 Å². The zero-order valence-electron chi connectivity index (χ0n) is 7.06. The molecule has 0 saturated heterocycles. The molecule has 0 aliphatic heterocycles. The third kappa shape index (κ3) is 2.62. The maximum Gasteiger partial charge on any atom is 0.144 e. The van der Waals surface area contributed by atoms with Crippen molar-refractivity contribution in [2.24, 2.45) is 5.18 Å². The van der Waals surface area contributed by atoms with Crippen LogP contribution >= 0.6 is 0 Å². The molecule has 0 spiro atoms. The van der Waals surface area contributed by atoms with Crippen LogP contribution in [0, 0.1) is 11.8 Å². The molecule has 70 valence electrons. The molecular formula is C8H9NO3S. The Balaban J connectivity index is 3.05. The number of thiol groups is 1. The van der Waals surface area contributed by atoms with Gasteiger partial charge in [-0.15, -0.1) is 4.91 Å². The lowest BCUT2D eigenvalue weighted by atomic mass is 10.1. The minimum Gasteiger partial charge on any atom is -0.232 e. The number of benzene rings is 1. The highest BCUT2D eigenvalue weighted by atomic mass is 32.2. The van der Waals surface area contributed by atoms with Gasteiger partial charge in [-0.05, 0) is 29.3 Å². The predicted octanol–water partition coefficient (Wildman–Crippen LogP) is 1.50. The van der Waals surface area contributed by atoms with Crippen LogP contribution in [0.25, 0.3) is 0 Å². The van der Waals surface area contributed by atoms with E-state index in [1.807, 2.05) is 0 Å². The molecular weight excluding hydrogens is 190 g/mol. The van der Waals surface area contributed by atoms with E-state index in [1.165, 1.54) is 6.07 Å². The summed E-state index contributed by atoms with van der Waals surface area (Å²) in [5, 5.41) is 2.79. The normalized spacial score (nSPS) is 10.3. The van der Waals surface area contributed by atoms with Crippen molar-refractivity contribution in [3.63, 3.8) is 0 Å². The highest BCUT2D eigenvalue weighted by Gasteiger charge is 2.00. The molecule has 0 aliphatic carbocycles. The SMILES string of the molecule is Cc1ccc(C[SH](=O)=O)cc1N=O. The second kappa shape index (κ2) is 4.13. The fraction of sp³-hybridized carbons (Fsp3) is 0.250. The van der Waals surface area contributed by atoms with Gasteiger partial charge in [0.15, 0.2) is 0 Å². The second-order valence-corrected chi connectivity index (χ2v) is 3.68. The molecule has 0 bridgehead atoms. The molecule has 4 nitrogen and oxygen atoms in total. The van der Waals surface area contributed by atoms with Crippen LogP contribution in [0.15, 0.2) is 23.4 Å². The zero-order valence-corrected chi connectivity index (χ0v) is 7.95. The Morgan fingerprint density at radius 1 is 1.38 bits per heavy atom. The van der Waals surface area contributed by atoms with Crippen LogP contribution in [-0.2, 0) is 16.5 Å². The summed E-state index contributed by atoms with van der Waals surface area (Å²) < 4.78 is 20.8. The Hall–Kier alpha value is -1.23. The quantitative estimate of drug-likeness (QED) is 0.592. The predicted molar refractivity (Wildman–Crippen MR) is 50.7 cm³/mol. The van der Waals surface area contributed by atoms with Crippen molar-refractivity contribution < 1.29 is 8.42 Å². The number of hydrogen-bond donors (Lipinski definition) is 1. The number of nitroso groups, excluding NO2 is 1. The van der Waals surface area contributed by atoms with Crippen LogP contribution in [-0.4, -0.2) is 8.42 Å². The van der Waals surface area contributed by atoms with Gasteiger partial charge in [0.2, 0.25) is 0 Å². The average Bonchev–Trinajstić information content (AvgIpc) is 2.07. The molecule has 0 aromatic heterocycles. The lowest BCUT2D eigenvalue weighted by molar-refractivity contribution is 0.614. The van der Waals surface area contributed by atoms with Crippen molar-refractivity contribution in [3.05, 3.63) is 34.2 Å². The van der Waals surface area contributed by atoms with E-state index in [0.29, 0.717) is 11.3 Å². The van der Waals surface area contributed by atoms with E-state index in [2.05, 4.69) is 5.18 Å². The van der Waals surface area contributed by atoms with Crippen LogP contribution in [0.3, 0.4) is 0 Å². The number of aryl methyl sites for hydroxylation is 1. The van der Waals surface area contributed by atoms with Gasteiger partial charge in [0.25, 0.3) is 0 Å². The third-order valence-electron chi connectivity index (χ3n) is 1.68. The molecule has 0 saturated carbocycles. The highest BCUT2D eigenvalue weighted by Crippen LogP contribution is 2.19. The first-order valence-electron chi connectivity index (χ1n) is 3.68. The van der Waals surface area contributed by atoms with Gasteiger partial charge < -0.3 is 0 Å². The lowest BCUT2D eigenvalue weighted by Crippen LogP contribution is -1.86. The van der Waals surface area contributed by atoms with Crippen LogP contribution in [0.5, 0.6) is 0 Å². The van der Waals surface area contributed by atoms with Gasteiger partial charge in [-0.3, -0.25) is 0 Å². The Morgan fingerprint density at radius 3 is 2.62 bits per heavy atom. The minimum atomic E-state index is -2.45. The molecule has 0 fully saturated rings. The molecule has 0 amide bonds. The molecule has 0 atom stereocenters. The fourth-order valence-electron chi connectivity index (χ4n) is 1.00. The van der Waals surface area contributed by atoms with Crippen molar-refractivity contribution in [3.8, 4) is 0 Å². The average molecular weight is 199 g/mol. The van der Waals surface area contributed by atoms with Gasteiger partial charge in [-0.1, -0.05) is 12.1 Å². The molecule has 0 unspecified atom stereocenters. The van der Waals surface area contributed by atoms with Crippen molar-refractivity contribution in [2.75, 3.05) is 0 Å². The van der Waals surface area contributed by atoms with Crippen LogP contribution in [0.2, 0.25) is 0 Å². The summed E-state index contributed by atoms with van der Waals surface area (Å²) in [5.41, 5.74) is 1.64. The van der Waals surface area contributed by atoms with Crippen LogP contribution in [0.4, 0.5) is 5.69 Å². The van der Waals surface area contributed by atoms with Crippen LogP contribution in [0.1, 0.15) is 11.1 Å². The molecule has 0 heterocycles. The van der Waals surface area contributed by atoms with E-state index in [4.69, 9.17) is 0 Å². The van der Waals surface area contributed by atoms with Crippen molar-refractivity contribution in [2.45, 2.75) is 12.7 Å². The second-order valence-electron chi connectivity index (χ2n) is 2.70. The summed E-state index contributed by atoms with van der Waals surface area (Å²) in [7, 11) is -2.45. The monoisotopic (exact) mass is 199 g/mol. The van der Waals surface area contributed by atoms with E-state index < -0.39 is 10.7 Å². The number of nitrogens with zero attached hydrogens (tertiary/aromatic N) is 1. The third-order valence-corrected chi connectivity index (χ3v) is 2.31. The first-order chi connectivity index (χ1) is 6.13. The minimum absolute atomic E-state index is 0.0435. The smallest absolute Gasteiger partial charge is 0.144 e. The van der Waals surface area contributed by atoms with Gasteiger partial charge in [-0.25, -0.2) is 8.42 Å². The lowest BCUT2D eigenvalue weighted by Gasteiger charge is -1.98. The molecule has 0 radical (unpaired) electrons. The van der Waals surface area contributed by atoms with Gasteiger partial charge in [0, 0.05) is 0 Å². The number of rotatable bonds is 3.